The van der Waals surface area contributed by atoms with E-state index >= 15 is 0 Å². The molecule has 1 heterocycles. The lowest BCUT2D eigenvalue weighted by atomic mass is 10.2. The SMILES string of the molecule is COc1cc(-c2noc(COc3ccc(F)cc3Cl)n2)ccc1OC(F)F. The van der Waals surface area contributed by atoms with Crippen molar-refractivity contribution in [2.24, 2.45) is 0 Å². The predicted octanol–water partition coefficient (Wildman–Crippen LogP) is 4.72. The third kappa shape index (κ3) is 4.62. The summed E-state index contributed by atoms with van der Waals surface area (Å²) in [5.41, 5.74) is 0.461. The molecular formula is C17H12ClF3N2O4. The molecule has 2 aromatic carbocycles. The fourth-order valence-corrected chi connectivity index (χ4v) is 2.38. The fraction of sp³-hybridized carbons (Fsp3) is 0.176. The average molecular weight is 401 g/mol. The van der Waals surface area contributed by atoms with Crippen LogP contribution in [-0.2, 0) is 6.61 Å². The van der Waals surface area contributed by atoms with Crippen molar-refractivity contribution >= 4 is 11.6 Å². The Kier molecular flexibility index (Phi) is 5.70. The number of hydrogen-bond donors (Lipinski definition) is 0. The van der Waals surface area contributed by atoms with Crippen molar-refractivity contribution < 1.29 is 31.9 Å². The topological polar surface area (TPSA) is 66.6 Å². The number of alkyl halides is 2. The second kappa shape index (κ2) is 8.17. The second-order valence-corrected chi connectivity index (χ2v) is 5.53. The molecule has 0 saturated heterocycles. The van der Waals surface area contributed by atoms with Gasteiger partial charge in [0.15, 0.2) is 18.1 Å². The van der Waals surface area contributed by atoms with Crippen molar-refractivity contribution in [1.29, 1.82) is 0 Å². The highest BCUT2D eigenvalue weighted by Crippen LogP contribution is 2.32. The van der Waals surface area contributed by atoms with E-state index in [0.717, 1.165) is 6.07 Å². The molecule has 0 saturated carbocycles. The Morgan fingerprint density at radius 2 is 1.89 bits per heavy atom. The Hall–Kier alpha value is -2.94. The van der Waals surface area contributed by atoms with Gasteiger partial charge in [0.2, 0.25) is 5.82 Å². The van der Waals surface area contributed by atoms with Crippen LogP contribution in [0, 0.1) is 5.82 Å². The summed E-state index contributed by atoms with van der Waals surface area (Å²) in [6, 6.07) is 7.92. The van der Waals surface area contributed by atoms with Gasteiger partial charge in [-0.1, -0.05) is 16.8 Å². The van der Waals surface area contributed by atoms with Gasteiger partial charge in [0.05, 0.1) is 12.1 Å². The van der Waals surface area contributed by atoms with Gasteiger partial charge < -0.3 is 18.7 Å². The number of benzene rings is 2. The first kappa shape index (κ1) is 18.8. The van der Waals surface area contributed by atoms with Gasteiger partial charge in [-0.25, -0.2) is 4.39 Å². The quantitative estimate of drug-likeness (QED) is 0.572. The van der Waals surface area contributed by atoms with Gasteiger partial charge in [-0.3, -0.25) is 0 Å². The summed E-state index contributed by atoms with van der Waals surface area (Å²) in [6.07, 6.45) is 0. The summed E-state index contributed by atoms with van der Waals surface area (Å²) in [4.78, 5) is 4.14. The summed E-state index contributed by atoms with van der Waals surface area (Å²) in [7, 11) is 1.32. The molecule has 0 amide bonds. The largest absolute Gasteiger partial charge is 0.493 e. The zero-order chi connectivity index (χ0) is 19.4. The van der Waals surface area contributed by atoms with Crippen molar-refractivity contribution in [1.82, 2.24) is 10.1 Å². The fourth-order valence-electron chi connectivity index (χ4n) is 2.16. The Morgan fingerprint density at radius 3 is 2.59 bits per heavy atom. The van der Waals surface area contributed by atoms with Crippen molar-refractivity contribution in [3.63, 3.8) is 0 Å². The number of ether oxygens (including phenoxy) is 3. The van der Waals surface area contributed by atoms with Crippen LogP contribution < -0.4 is 14.2 Å². The van der Waals surface area contributed by atoms with Crippen LogP contribution in [0.2, 0.25) is 5.02 Å². The van der Waals surface area contributed by atoms with Crippen molar-refractivity contribution in [2.45, 2.75) is 13.2 Å². The molecule has 27 heavy (non-hydrogen) atoms. The van der Waals surface area contributed by atoms with Crippen LogP contribution in [0.1, 0.15) is 5.89 Å². The van der Waals surface area contributed by atoms with E-state index in [0.29, 0.717) is 5.56 Å². The maximum atomic E-state index is 13.0. The summed E-state index contributed by atoms with van der Waals surface area (Å²) in [6.45, 7) is -3.07. The molecule has 142 valence electrons. The van der Waals surface area contributed by atoms with Gasteiger partial charge in [-0.15, -0.1) is 0 Å². The van der Waals surface area contributed by atoms with Crippen molar-refractivity contribution in [2.75, 3.05) is 7.11 Å². The molecule has 0 aliphatic carbocycles. The number of nitrogens with zero attached hydrogens (tertiary/aromatic N) is 2. The molecule has 0 bridgehead atoms. The number of hydrogen-bond acceptors (Lipinski definition) is 6. The average Bonchev–Trinajstić information content (AvgIpc) is 3.10. The van der Waals surface area contributed by atoms with E-state index in [1.54, 1.807) is 0 Å². The molecule has 1 aromatic heterocycles. The first-order chi connectivity index (χ1) is 13.0. The van der Waals surface area contributed by atoms with Crippen LogP contribution in [0.15, 0.2) is 40.9 Å². The minimum atomic E-state index is -2.98. The smallest absolute Gasteiger partial charge is 0.387 e. The van der Waals surface area contributed by atoms with Crippen molar-refractivity contribution in [3.8, 4) is 28.6 Å². The van der Waals surface area contributed by atoms with Crippen LogP contribution in [0.3, 0.4) is 0 Å². The van der Waals surface area contributed by atoms with E-state index in [4.69, 9.17) is 25.6 Å². The van der Waals surface area contributed by atoms with Gasteiger partial charge >= 0.3 is 6.61 Å². The molecule has 0 fully saturated rings. The van der Waals surface area contributed by atoms with Gasteiger partial charge in [-0.05, 0) is 36.4 Å². The summed E-state index contributed by atoms with van der Waals surface area (Å²) < 4.78 is 57.7. The molecule has 3 aromatic rings. The zero-order valence-electron chi connectivity index (χ0n) is 13.8. The summed E-state index contributed by atoms with van der Waals surface area (Å²) in [5.74, 6) is 0.0781. The van der Waals surface area contributed by atoms with Crippen LogP contribution in [0.4, 0.5) is 13.2 Å². The minimum Gasteiger partial charge on any atom is -0.493 e. The molecule has 10 heteroatoms. The predicted molar refractivity (Wildman–Crippen MR) is 88.7 cm³/mol. The van der Waals surface area contributed by atoms with Gasteiger partial charge in [0.25, 0.3) is 5.89 Å². The normalized spacial score (nSPS) is 10.9. The summed E-state index contributed by atoms with van der Waals surface area (Å²) >= 11 is 5.87. The highest BCUT2D eigenvalue weighted by Gasteiger charge is 2.15. The lowest BCUT2D eigenvalue weighted by Gasteiger charge is -2.10. The highest BCUT2D eigenvalue weighted by atomic mass is 35.5. The molecule has 6 nitrogen and oxygen atoms in total. The van der Waals surface area contributed by atoms with E-state index in [2.05, 4.69) is 14.9 Å². The lowest BCUT2D eigenvalue weighted by Crippen LogP contribution is -2.03. The number of aromatic nitrogens is 2. The van der Waals surface area contributed by atoms with Gasteiger partial charge in [0.1, 0.15) is 11.6 Å². The molecular weight excluding hydrogens is 389 g/mol. The van der Waals surface area contributed by atoms with Crippen LogP contribution >= 0.6 is 11.6 Å². The zero-order valence-corrected chi connectivity index (χ0v) is 14.5. The molecule has 0 radical (unpaired) electrons. The Morgan fingerprint density at radius 1 is 1.11 bits per heavy atom. The molecule has 0 aliphatic rings. The first-order valence-electron chi connectivity index (χ1n) is 7.50. The molecule has 0 atom stereocenters. The first-order valence-corrected chi connectivity index (χ1v) is 7.87. The van der Waals surface area contributed by atoms with E-state index in [1.807, 2.05) is 0 Å². The van der Waals surface area contributed by atoms with Crippen LogP contribution in [0.25, 0.3) is 11.4 Å². The third-order valence-corrected chi connectivity index (χ3v) is 3.65. The van der Waals surface area contributed by atoms with Crippen LogP contribution in [-0.4, -0.2) is 23.9 Å². The van der Waals surface area contributed by atoms with E-state index in [1.165, 1.54) is 37.4 Å². The standard InChI is InChI=1S/C17H12ClF3N2O4/c1-24-14-6-9(2-4-13(14)26-17(20)21)16-22-15(27-23-16)8-25-12-5-3-10(19)7-11(12)18/h2-7,17H,8H2,1H3. The van der Waals surface area contributed by atoms with E-state index < -0.39 is 12.4 Å². The van der Waals surface area contributed by atoms with E-state index in [-0.39, 0.29) is 40.6 Å². The number of halogens is 4. The molecule has 0 spiro atoms. The maximum Gasteiger partial charge on any atom is 0.387 e. The molecule has 0 N–H and O–H groups in total. The monoisotopic (exact) mass is 400 g/mol. The number of methoxy groups -OCH3 is 1. The van der Waals surface area contributed by atoms with Gasteiger partial charge in [0, 0.05) is 5.56 Å². The Labute approximate surface area is 156 Å². The molecule has 0 aliphatic heterocycles. The van der Waals surface area contributed by atoms with E-state index in [9.17, 15) is 13.2 Å². The molecule has 0 unspecified atom stereocenters. The minimum absolute atomic E-state index is 0.0912. The molecule has 3 rings (SSSR count). The lowest BCUT2D eigenvalue weighted by molar-refractivity contribution is -0.0512. The third-order valence-electron chi connectivity index (χ3n) is 3.35. The van der Waals surface area contributed by atoms with Crippen molar-refractivity contribution in [3.05, 3.63) is 53.1 Å². The number of rotatable bonds is 7. The summed E-state index contributed by atoms with van der Waals surface area (Å²) in [5, 5.41) is 3.90. The Bertz CT molecular complexity index is 936. The van der Waals surface area contributed by atoms with Crippen LogP contribution in [0.5, 0.6) is 17.2 Å². The van der Waals surface area contributed by atoms with Gasteiger partial charge in [-0.2, -0.15) is 13.8 Å². The maximum absolute atomic E-state index is 13.0. The highest BCUT2D eigenvalue weighted by molar-refractivity contribution is 6.32. The Balaban J connectivity index is 1.73. The second-order valence-electron chi connectivity index (χ2n) is 5.12.